The Bertz CT molecular complexity index is 389. The molecule has 1 rings (SSSR count). The first kappa shape index (κ1) is 14.0. The van der Waals surface area contributed by atoms with E-state index in [9.17, 15) is 9.59 Å². The van der Waals surface area contributed by atoms with E-state index in [0.717, 1.165) is 0 Å². The number of aromatic amines is 1. The van der Waals surface area contributed by atoms with Crippen LogP contribution in [-0.2, 0) is 11.2 Å². The zero-order chi connectivity index (χ0) is 13.5. The molecule has 0 aliphatic rings. The second-order valence-electron chi connectivity index (χ2n) is 4.42. The van der Waals surface area contributed by atoms with Crippen LogP contribution >= 0.6 is 0 Å². The first-order valence-electron chi connectivity index (χ1n) is 5.73. The van der Waals surface area contributed by atoms with E-state index in [4.69, 9.17) is 5.11 Å². The Balaban J connectivity index is 2.48. The highest BCUT2D eigenvalue weighted by Crippen LogP contribution is 1.99. The molecule has 4 N–H and O–H groups in total. The molecule has 0 saturated heterocycles. The molecule has 100 valence electrons. The summed E-state index contributed by atoms with van der Waals surface area (Å²) in [5.41, 5.74) is 0.659. The van der Waals surface area contributed by atoms with Crippen LogP contribution in [0.2, 0.25) is 0 Å². The van der Waals surface area contributed by atoms with E-state index >= 15 is 0 Å². The number of carbonyl (C=O) groups excluding carboxylic acids is 1. The molecular weight excluding hydrogens is 236 g/mol. The summed E-state index contributed by atoms with van der Waals surface area (Å²) >= 11 is 0. The Morgan fingerprint density at radius 2 is 2.22 bits per heavy atom. The van der Waals surface area contributed by atoms with E-state index in [1.807, 2.05) is 13.8 Å². The molecule has 0 aromatic carbocycles. The molecule has 0 saturated carbocycles. The van der Waals surface area contributed by atoms with E-state index in [1.165, 1.54) is 12.5 Å². The molecule has 1 heterocycles. The minimum atomic E-state index is -1.08. The monoisotopic (exact) mass is 254 g/mol. The smallest absolute Gasteiger partial charge is 0.326 e. The molecule has 0 radical (unpaired) electrons. The van der Waals surface area contributed by atoms with Gasteiger partial charge in [0.1, 0.15) is 6.04 Å². The van der Waals surface area contributed by atoms with Crippen molar-refractivity contribution in [3.05, 3.63) is 18.2 Å². The van der Waals surface area contributed by atoms with E-state index < -0.39 is 18.0 Å². The molecule has 0 aliphatic heterocycles. The van der Waals surface area contributed by atoms with Gasteiger partial charge in [0, 0.05) is 24.9 Å². The van der Waals surface area contributed by atoms with Gasteiger partial charge >= 0.3 is 12.0 Å². The summed E-state index contributed by atoms with van der Waals surface area (Å²) < 4.78 is 0. The second kappa shape index (κ2) is 6.63. The first-order valence-corrected chi connectivity index (χ1v) is 5.73. The summed E-state index contributed by atoms with van der Waals surface area (Å²) in [6, 6.07) is -1.45. The lowest BCUT2D eigenvalue weighted by molar-refractivity contribution is -0.139. The van der Waals surface area contributed by atoms with Crippen molar-refractivity contribution >= 4 is 12.0 Å². The van der Waals surface area contributed by atoms with Gasteiger partial charge in [-0.05, 0) is 5.92 Å². The molecule has 1 aromatic heterocycles. The number of urea groups is 1. The Hall–Kier alpha value is -2.05. The number of imidazole rings is 1. The molecular formula is C11H18N4O3. The molecule has 1 aromatic rings. The summed E-state index contributed by atoms with van der Waals surface area (Å²) in [4.78, 5) is 29.1. The van der Waals surface area contributed by atoms with Crippen LogP contribution in [0.3, 0.4) is 0 Å². The Morgan fingerprint density at radius 3 is 2.72 bits per heavy atom. The maximum absolute atomic E-state index is 11.5. The number of H-pyrrole nitrogens is 1. The summed E-state index contributed by atoms with van der Waals surface area (Å²) in [5, 5.41) is 14.0. The molecule has 2 amide bonds. The van der Waals surface area contributed by atoms with Crippen molar-refractivity contribution in [3.63, 3.8) is 0 Å². The zero-order valence-electron chi connectivity index (χ0n) is 10.4. The number of nitrogens with zero attached hydrogens (tertiary/aromatic N) is 1. The van der Waals surface area contributed by atoms with E-state index in [0.29, 0.717) is 18.2 Å². The number of carboxylic acid groups (broad SMARTS) is 1. The molecule has 0 aliphatic carbocycles. The highest BCUT2D eigenvalue weighted by molar-refractivity contribution is 5.82. The normalized spacial score (nSPS) is 12.2. The van der Waals surface area contributed by atoms with Gasteiger partial charge in [-0.25, -0.2) is 14.6 Å². The quantitative estimate of drug-likeness (QED) is 0.588. The molecule has 0 fully saturated rings. The topological polar surface area (TPSA) is 107 Å². The van der Waals surface area contributed by atoms with Crippen LogP contribution in [0.5, 0.6) is 0 Å². The molecule has 1 unspecified atom stereocenters. The molecule has 18 heavy (non-hydrogen) atoms. The van der Waals surface area contributed by atoms with Crippen molar-refractivity contribution in [2.75, 3.05) is 6.54 Å². The van der Waals surface area contributed by atoms with E-state index in [1.54, 1.807) is 0 Å². The number of amides is 2. The average molecular weight is 254 g/mol. The van der Waals surface area contributed by atoms with Crippen molar-refractivity contribution in [2.24, 2.45) is 5.92 Å². The van der Waals surface area contributed by atoms with Gasteiger partial charge in [0.15, 0.2) is 0 Å². The highest BCUT2D eigenvalue weighted by atomic mass is 16.4. The van der Waals surface area contributed by atoms with Crippen LogP contribution in [-0.4, -0.2) is 39.7 Å². The fourth-order valence-electron chi connectivity index (χ4n) is 1.32. The SMILES string of the molecule is CC(C)CNC(=O)NC(Cc1cnc[nH]1)C(=O)O. The molecule has 0 bridgehead atoms. The summed E-state index contributed by atoms with van der Waals surface area (Å²) in [6.45, 7) is 4.42. The van der Waals surface area contributed by atoms with Crippen LogP contribution in [0.25, 0.3) is 0 Å². The lowest BCUT2D eigenvalue weighted by Gasteiger charge is -2.15. The Kier molecular flexibility index (Phi) is 5.16. The van der Waals surface area contributed by atoms with E-state index in [-0.39, 0.29) is 6.42 Å². The first-order chi connectivity index (χ1) is 8.49. The van der Waals surface area contributed by atoms with Gasteiger partial charge in [0.05, 0.1) is 6.33 Å². The van der Waals surface area contributed by atoms with Crippen LogP contribution in [0, 0.1) is 5.92 Å². The van der Waals surface area contributed by atoms with Crippen molar-refractivity contribution < 1.29 is 14.7 Å². The summed E-state index contributed by atoms with van der Waals surface area (Å²) in [6.07, 6.45) is 3.17. The van der Waals surface area contributed by atoms with E-state index in [2.05, 4.69) is 20.6 Å². The van der Waals surface area contributed by atoms with Crippen molar-refractivity contribution in [1.82, 2.24) is 20.6 Å². The molecule has 7 heteroatoms. The van der Waals surface area contributed by atoms with Gasteiger partial charge in [-0.15, -0.1) is 0 Å². The number of rotatable bonds is 6. The number of nitrogens with one attached hydrogen (secondary N) is 3. The molecule has 0 spiro atoms. The van der Waals surface area contributed by atoms with Crippen LogP contribution in [0.4, 0.5) is 4.79 Å². The predicted molar refractivity (Wildman–Crippen MR) is 65.1 cm³/mol. The maximum Gasteiger partial charge on any atom is 0.326 e. The lowest BCUT2D eigenvalue weighted by Crippen LogP contribution is -2.47. The minimum Gasteiger partial charge on any atom is -0.480 e. The largest absolute Gasteiger partial charge is 0.480 e. The number of aromatic nitrogens is 2. The number of carboxylic acids is 1. The number of carbonyl (C=O) groups is 2. The third-order valence-corrected chi connectivity index (χ3v) is 2.25. The third-order valence-electron chi connectivity index (χ3n) is 2.25. The number of hydrogen-bond acceptors (Lipinski definition) is 3. The third kappa shape index (κ3) is 4.86. The van der Waals surface area contributed by atoms with Gasteiger partial charge in [-0.2, -0.15) is 0 Å². The van der Waals surface area contributed by atoms with Crippen LogP contribution in [0.1, 0.15) is 19.5 Å². The predicted octanol–water partition coefficient (Wildman–Crippen LogP) is 0.361. The fraction of sp³-hybridized carbons (Fsp3) is 0.545. The summed E-state index contributed by atoms with van der Waals surface area (Å²) in [7, 11) is 0. The van der Waals surface area contributed by atoms with Gasteiger partial charge < -0.3 is 20.7 Å². The molecule has 7 nitrogen and oxygen atoms in total. The average Bonchev–Trinajstić information content (AvgIpc) is 2.78. The lowest BCUT2D eigenvalue weighted by atomic mass is 10.1. The van der Waals surface area contributed by atoms with Crippen molar-refractivity contribution in [1.29, 1.82) is 0 Å². The second-order valence-corrected chi connectivity index (χ2v) is 4.42. The number of hydrogen-bond donors (Lipinski definition) is 4. The van der Waals surface area contributed by atoms with Crippen LogP contribution < -0.4 is 10.6 Å². The summed E-state index contributed by atoms with van der Waals surface area (Å²) in [5.74, 6) is -0.768. The zero-order valence-corrected chi connectivity index (χ0v) is 10.4. The Morgan fingerprint density at radius 1 is 1.50 bits per heavy atom. The van der Waals surface area contributed by atoms with Crippen molar-refractivity contribution in [2.45, 2.75) is 26.3 Å². The van der Waals surface area contributed by atoms with Crippen molar-refractivity contribution in [3.8, 4) is 0 Å². The van der Waals surface area contributed by atoms with Gasteiger partial charge in [-0.1, -0.05) is 13.8 Å². The molecule has 1 atom stereocenters. The van der Waals surface area contributed by atoms with Gasteiger partial charge in [0.25, 0.3) is 0 Å². The maximum atomic E-state index is 11.5. The fourth-order valence-corrected chi connectivity index (χ4v) is 1.32. The van der Waals surface area contributed by atoms with Gasteiger partial charge in [0.2, 0.25) is 0 Å². The standard InChI is InChI=1S/C11H18N4O3/c1-7(2)4-13-11(18)15-9(10(16)17)3-8-5-12-6-14-8/h5-7,9H,3-4H2,1-2H3,(H,12,14)(H,16,17)(H2,13,15,18). The number of aliphatic carboxylic acids is 1. The minimum absolute atomic E-state index is 0.171. The van der Waals surface area contributed by atoms with Gasteiger partial charge in [-0.3, -0.25) is 0 Å². The highest BCUT2D eigenvalue weighted by Gasteiger charge is 2.20. The van der Waals surface area contributed by atoms with Crippen LogP contribution in [0.15, 0.2) is 12.5 Å². The Labute approximate surface area is 105 Å².